The van der Waals surface area contributed by atoms with E-state index in [-0.39, 0.29) is 0 Å². The zero-order valence-electron chi connectivity index (χ0n) is 28.4. The van der Waals surface area contributed by atoms with Gasteiger partial charge in [0.1, 0.15) is 0 Å². The number of fused-ring (bicyclic) bond motifs is 5. The molecule has 0 aliphatic carbocycles. The lowest BCUT2D eigenvalue weighted by Gasteiger charge is -2.12. The smallest absolute Gasteiger partial charge is 0.0715 e. The molecule has 0 bridgehead atoms. The Kier molecular flexibility index (Phi) is 7.52. The number of para-hydroxylation sites is 2. The molecular weight excluding hydrogens is 619 g/mol. The standard InChI is InChI=1S/C48H35N3/c1-3-16-44-39(4-2)47-46(30-29-41-40-23-14-15-24-45(40)51(48(41)47)37-21-12-7-13-22-37)50(44)38-27-25-35(26-28-38)43-32-36(33-17-8-5-9-18-33)31-42(49-43)34-19-10-6-11-20-34/h3-32H,1H2,2H3/b39-4+,44-16+. The first kappa shape index (κ1) is 30.4. The van der Waals surface area contributed by atoms with E-state index in [9.17, 15) is 0 Å². The van der Waals surface area contributed by atoms with Crippen LogP contribution in [0.25, 0.3) is 89.9 Å². The number of rotatable bonds is 6. The Morgan fingerprint density at radius 1 is 0.510 bits per heavy atom. The molecule has 242 valence electrons. The van der Waals surface area contributed by atoms with Crippen molar-refractivity contribution < 1.29 is 0 Å². The number of benzene rings is 6. The van der Waals surface area contributed by atoms with E-state index in [2.05, 4.69) is 193 Å². The van der Waals surface area contributed by atoms with Crippen LogP contribution in [0.1, 0.15) is 6.92 Å². The van der Waals surface area contributed by atoms with Crippen LogP contribution in [0.3, 0.4) is 0 Å². The third-order valence-corrected chi connectivity index (χ3v) is 9.84. The molecule has 0 radical (unpaired) electrons. The average molecular weight is 654 g/mol. The SMILES string of the molecule is C=C/C=c1\c(=C/C)c2c(ccc3c4ccccc4n(-c4ccccc4)c32)n1-c1ccc(-c2cc(-c3ccccc3)cc(-c3ccccc3)n2)cc1. The monoisotopic (exact) mass is 653 g/mol. The van der Waals surface area contributed by atoms with Crippen molar-refractivity contribution in [3.8, 4) is 45.0 Å². The third-order valence-electron chi connectivity index (χ3n) is 9.84. The van der Waals surface area contributed by atoms with E-state index < -0.39 is 0 Å². The summed E-state index contributed by atoms with van der Waals surface area (Å²) in [7, 11) is 0. The van der Waals surface area contributed by atoms with E-state index in [1.807, 2.05) is 12.1 Å². The minimum absolute atomic E-state index is 0.939. The molecule has 0 aliphatic rings. The molecule has 0 fully saturated rings. The molecule has 9 aromatic rings. The van der Waals surface area contributed by atoms with E-state index in [4.69, 9.17) is 4.98 Å². The molecule has 0 unspecified atom stereocenters. The average Bonchev–Trinajstić information content (AvgIpc) is 3.71. The quantitative estimate of drug-likeness (QED) is 0.175. The van der Waals surface area contributed by atoms with E-state index in [0.717, 1.165) is 50.3 Å². The Balaban J connectivity index is 1.27. The summed E-state index contributed by atoms with van der Waals surface area (Å²) in [5, 5.41) is 5.98. The van der Waals surface area contributed by atoms with Gasteiger partial charge in [0.25, 0.3) is 0 Å². The summed E-state index contributed by atoms with van der Waals surface area (Å²) in [6, 6.07) is 58.1. The molecule has 0 spiro atoms. The highest BCUT2D eigenvalue weighted by molar-refractivity contribution is 6.18. The maximum atomic E-state index is 5.18. The molecule has 3 heterocycles. The number of hydrogen-bond acceptors (Lipinski definition) is 1. The largest absolute Gasteiger partial charge is 0.309 e. The lowest BCUT2D eigenvalue weighted by Crippen LogP contribution is -2.28. The van der Waals surface area contributed by atoms with Gasteiger partial charge in [-0.05, 0) is 72.7 Å². The summed E-state index contributed by atoms with van der Waals surface area (Å²) in [6.45, 7) is 6.25. The molecule has 9 rings (SSSR count). The zero-order valence-corrected chi connectivity index (χ0v) is 28.4. The number of allylic oxidation sites excluding steroid dienone is 1. The molecule has 0 saturated carbocycles. The second-order valence-corrected chi connectivity index (χ2v) is 12.8. The molecule has 0 amide bonds. The molecule has 51 heavy (non-hydrogen) atoms. The maximum absolute atomic E-state index is 5.18. The van der Waals surface area contributed by atoms with Crippen LogP contribution in [0.2, 0.25) is 0 Å². The number of aromatic nitrogens is 3. The van der Waals surface area contributed by atoms with Crippen molar-refractivity contribution >= 4 is 44.9 Å². The lowest BCUT2D eigenvalue weighted by atomic mass is 10.00. The van der Waals surface area contributed by atoms with Crippen molar-refractivity contribution in [2.24, 2.45) is 0 Å². The van der Waals surface area contributed by atoms with Gasteiger partial charge in [-0.2, -0.15) is 0 Å². The summed E-state index contributed by atoms with van der Waals surface area (Å²) < 4.78 is 4.78. The summed E-state index contributed by atoms with van der Waals surface area (Å²) in [5.74, 6) is 0. The molecule has 0 saturated heterocycles. The van der Waals surface area contributed by atoms with Gasteiger partial charge in [-0.3, -0.25) is 0 Å². The topological polar surface area (TPSA) is 22.8 Å². The molecule has 0 N–H and O–H groups in total. The van der Waals surface area contributed by atoms with Gasteiger partial charge in [0.05, 0.1) is 33.3 Å². The first-order valence-corrected chi connectivity index (χ1v) is 17.4. The van der Waals surface area contributed by atoms with Gasteiger partial charge >= 0.3 is 0 Å². The normalized spacial score (nSPS) is 12.3. The Morgan fingerprint density at radius 2 is 1.10 bits per heavy atom. The molecule has 0 atom stereocenters. The highest BCUT2D eigenvalue weighted by Crippen LogP contribution is 2.36. The summed E-state index contributed by atoms with van der Waals surface area (Å²) in [6.07, 6.45) is 6.25. The van der Waals surface area contributed by atoms with E-state index in [0.29, 0.717) is 0 Å². The van der Waals surface area contributed by atoms with Crippen LogP contribution in [0.5, 0.6) is 0 Å². The predicted molar refractivity (Wildman–Crippen MR) is 216 cm³/mol. The highest BCUT2D eigenvalue weighted by Gasteiger charge is 2.19. The van der Waals surface area contributed by atoms with Crippen LogP contribution in [-0.2, 0) is 0 Å². The van der Waals surface area contributed by atoms with Crippen molar-refractivity contribution in [2.45, 2.75) is 6.92 Å². The van der Waals surface area contributed by atoms with E-state index in [1.165, 1.54) is 38.0 Å². The van der Waals surface area contributed by atoms with Gasteiger partial charge in [0.2, 0.25) is 0 Å². The fourth-order valence-electron chi connectivity index (χ4n) is 7.58. The van der Waals surface area contributed by atoms with Gasteiger partial charge in [0.15, 0.2) is 0 Å². The van der Waals surface area contributed by atoms with Crippen LogP contribution < -0.4 is 10.6 Å². The number of hydrogen-bond donors (Lipinski definition) is 0. The fourth-order valence-corrected chi connectivity index (χ4v) is 7.58. The molecule has 0 aliphatic heterocycles. The van der Waals surface area contributed by atoms with Crippen LogP contribution >= 0.6 is 0 Å². The van der Waals surface area contributed by atoms with Crippen molar-refractivity contribution in [2.75, 3.05) is 0 Å². The fraction of sp³-hybridized carbons (Fsp3) is 0.0208. The van der Waals surface area contributed by atoms with Gasteiger partial charge in [-0.25, -0.2) is 4.98 Å². The van der Waals surface area contributed by atoms with Gasteiger partial charge in [-0.15, -0.1) is 0 Å². The summed E-state index contributed by atoms with van der Waals surface area (Å²) >= 11 is 0. The maximum Gasteiger partial charge on any atom is 0.0715 e. The van der Waals surface area contributed by atoms with Crippen molar-refractivity contribution in [3.63, 3.8) is 0 Å². The summed E-state index contributed by atoms with van der Waals surface area (Å²) in [5.41, 5.74) is 12.1. The summed E-state index contributed by atoms with van der Waals surface area (Å²) in [4.78, 5) is 5.18. The van der Waals surface area contributed by atoms with Crippen LogP contribution in [-0.4, -0.2) is 14.1 Å². The zero-order chi connectivity index (χ0) is 34.3. The molecular formula is C48H35N3. The van der Waals surface area contributed by atoms with Gasteiger partial charge in [-0.1, -0.05) is 134 Å². The highest BCUT2D eigenvalue weighted by atomic mass is 15.0. The van der Waals surface area contributed by atoms with E-state index >= 15 is 0 Å². The molecule has 3 nitrogen and oxygen atoms in total. The minimum Gasteiger partial charge on any atom is -0.309 e. The molecule has 6 aromatic carbocycles. The number of pyridine rings is 1. The first-order chi connectivity index (χ1) is 25.2. The second-order valence-electron chi connectivity index (χ2n) is 12.8. The van der Waals surface area contributed by atoms with Crippen LogP contribution in [0.15, 0.2) is 176 Å². The second kappa shape index (κ2) is 12.6. The van der Waals surface area contributed by atoms with Crippen molar-refractivity contribution in [3.05, 3.63) is 187 Å². The first-order valence-electron chi connectivity index (χ1n) is 17.4. The Labute approximate surface area is 297 Å². The van der Waals surface area contributed by atoms with Crippen LogP contribution in [0.4, 0.5) is 0 Å². The molecule has 3 heteroatoms. The third kappa shape index (κ3) is 5.10. The Morgan fingerprint density at radius 3 is 1.76 bits per heavy atom. The van der Waals surface area contributed by atoms with Crippen molar-refractivity contribution in [1.82, 2.24) is 14.1 Å². The molecule has 3 aromatic heterocycles. The van der Waals surface area contributed by atoms with Gasteiger partial charge in [0, 0.05) is 43.9 Å². The minimum atomic E-state index is 0.939. The van der Waals surface area contributed by atoms with E-state index in [1.54, 1.807) is 0 Å². The van der Waals surface area contributed by atoms with Crippen molar-refractivity contribution in [1.29, 1.82) is 0 Å². The van der Waals surface area contributed by atoms with Crippen LogP contribution in [0, 0.1) is 0 Å². The Hall–Kier alpha value is -6.71. The Bertz CT molecular complexity index is 2780. The predicted octanol–water partition coefficient (Wildman–Crippen LogP) is 10.9. The van der Waals surface area contributed by atoms with Gasteiger partial charge < -0.3 is 9.13 Å². The lowest BCUT2D eigenvalue weighted by molar-refractivity contribution is 1.07. The number of nitrogens with zero attached hydrogens (tertiary/aromatic N) is 3.